The van der Waals surface area contributed by atoms with Gasteiger partial charge in [-0.05, 0) is 40.2 Å². The molecule has 0 bridgehead atoms. The Labute approximate surface area is 112 Å². The number of carbonyl (C=O) groups excluding carboxylic acids is 1. The van der Waals surface area contributed by atoms with Gasteiger partial charge in [0, 0.05) is 10.7 Å². The highest BCUT2D eigenvalue weighted by molar-refractivity contribution is 9.10. The van der Waals surface area contributed by atoms with Crippen molar-refractivity contribution in [1.29, 1.82) is 0 Å². The molecule has 0 radical (unpaired) electrons. The molecule has 1 aromatic heterocycles. The predicted octanol–water partition coefficient (Wildman–Crippen LogP) is 3.75. The topological polar surface area (TPSA) is 42.0 Å². The number of rotatable bonds is 2. The number of anilines is 1. The zero-order valence-electron chi connectivity index (χ0n) is 8.65. The molecule has 1 heterocycles. The number of nitrogens with one attached hydrogen (secondary N) is 1. The SMILES string of the molecule is O=C(Nc1ccccc1Cl)c1ccc(Br)cn1. The summed E-state index contributed by atoms with van der Waals surface area (Å²) in [4.78, 5) is 15.8. The summed E-state index contributed by atoms with van der Waals surface area (Å²) in [5, 5.41) is 3.20. The molecule has 5 heteroatoms. The molecule has 0 atom stereocenters. The summed E-state index contributed by atoms with van der Waals surface area (Å²) in [5.74, 6) is -0.286. The van der Waals surface area contributed by atoms with E-state index in [9.17, 15) is 4.79 Å². The number of amides is 1. The molecular formula is C12H8BrClN2O. The van der Waals surface area contributed by atoms with Crippen molar-refractivity contribution < 1.29 is 4.79 Å². The fourth-order valence-corrected chi connectivity index (χ4v) is 1.68. The quantitative estimate of drug-likeness (QED) is 0.918. The minimum Gasteiger partial charge on any atom is -0.319 e. The number of aromatic nitrogens is 1. The second-order valence-corrected chi connectivity index (χ2v) is 4.62. The van der Waals surface area contributed by atoms with E-state index in [4.69, 9.17) is 11.6 Å². The van der Waals surface area contributed by atoms with Crippen molar-refractivity contribution in [2.45, 2.75) is 0 Å². The van der Waals surface area contributed by atoms with Crippen molar-refractivity contribution in [3.05, 3.63) is 57.8 Å². The monoisotopic (exact) mass is 310 g/mol. The average molecular weight is 312 g/mol. The molecule has 0 spiro atoms. The molecular weight excluding hydrogens is 304 g/mol. The number of hydrogen-bond acceptors (Lipinski definition) is 2. The highest BCUT2D eigenvalue weighted by Gasteiger charge is 2.08. The highest BCUT2D eigenvalue weighted by Crippen LogP contribution is 2.21. The molecule has 0 saturated carbocycles. The van der Waals surface area contributed by atoms with Gasteiger partial charge in [0.05, 0.1) is 10.7 Å². The van der Waals surface area contributed by atoms with E-state index in [1.807, 2.05) is 0 Å². The van der Waals surface area contributed by atoms with Crippen LogP contribution in [0, 0.1) is 0 Å². The minimum absolute atomic E-state index is 0.286. The number of para-hydroxylation sites is 1. The summed E-state index contributed by atoms with van der Waals surface area (Å²) < 4.78 is 0.826. The maximum Gasteiger partial charge on any atom is 0.274 e. The Morgan fingerprint density at radius 1 is 1.24 bits per heavy atom. The number of pyridine rings is 1. The lowest BCUT2D eigenvalue weighted by Gasteiger charge is -2.06. The Morgan fingerprint density at radius 3 is 2.65 bits per heavy atom. The van der Waals surface area contributed by atoms with Crippen LogP contribution in [-0.2, 0) is 0 Å². The van der Waals surface area contributed by atoms with Crippen LogP contribution in [0.4, 0.5) is 5.69 Å². The van der Waals surface area contributed by atoms with Crippen LogP contribution in [-0.4, -0.2) is 10.9 Å². The number of carbonyl (C=O) groups is 1. The summed E-state index contributed by atoms with van der Waals surface area (Å²) >= 11 is 9.20. The smallest absolute Gasteiger partial charge is 0.274 e. The van der Waals surface area contributed by atoms with Crippen LogP contribution >= 0.6 is 27.5 Å². The molecule has 1 N–H and O–H groups in total. The van der Waals surface area contributed by atoms with E-state index in [1.165, 1.54) is 0 Å². The first-order valence-corrected chi connectivity index (χ1v) is 6.01. The fourth-order valence-electron chi connectivity index (χ4n) is 1.26. The van der Waals surface area contributed by atoms with Gasteiger partial charge in [-0.2, -0.15) is 0 Å². The third kappa shape index (κ3) is 3.05. The number of halogens is 2. The van der Waals surface area contributed by atoms with Crippen LogP contribution in [0.1, 0.15) is 10.5 Å². The van der Waals surface area contributed by atoms with Crippen LogP contribution in [0.5, 0.6) is 0 Å². The van der Waals surface area contributed by atoms with E-state index < -0.39 is 0 Å². The minimum atomic E-state index is -0.286. The van der Waals surface area contributed by atoms with Gasteiger partial charge in [-0.1, -0.05) is 23.7 Å². The van der Waals surface area contributed by atoms with E-state index in [2.05, 4.69) is 26.2 Å². The summed E-state index contributed by atoms with van der Waals surface area (Å²) in [7, 11) is 0. The summed E-state index contributed by atoms with van der Waals surface area (Å²) in [6, 6.07) is 10.4. The molecule has 2 aromatic rings. The maximum atomic E-state index is 11.8. The standard InChI is InChI=1S/C12H8BrClN2O/c13-8-5-6-11(15-7-8)12(17)16-10-4-2-1-3-9(10)14/h1-7H,(H,16,17). The van der Waals surface area contributed by atoms with Gasteiger partial charge in [-0.25, -0.2) is 4.98 Å². The lowest BCUT2D eigenvalue weighted by molar-refractivity contribution is 0.102. The molecule has 0 aliphatic rings. The lowest BCUT2D eigenvalue weighted by atomic mass is 10.3. The molecule has 1 aromatic carbocycles. The Hall–Kier alpha value is -1.39. The molecule has 1 amide bonds. The first kappa shape index (κ1) is 12.1. The largest absolute Gasteiger partial charge is 0.319 e. The Balaban J connectivity index is 2.17. The van der Waals surface area contributed by atoms with E-state index in [1.54, 1.807) is 42.6 Å². The summed E-state index contributed by atoms with van der Waals surface area (Å²) in [5.41, 5.74) is 0.914. The van der Waals surface area contributed by atoms with Gasteiger partial charge in [0.2, 0.25) is 0 Å². The number of nitrogens with zero attached hydrogens (tertiary/aromatic N) is 1. The van der Waals surface area contributed by atoms with Crippen molar-refractivity contribution in [2.24, 2.45) is 0 Å². The van der Waals surface area contributed by atoms with Crippen molar-refractivity contribution >= 4 is 39.1 Å². The third-order valence-electron chi connectivity index (χ3n) is 2.08. The van der Waals surface area contributed by atoms with Crippen LogP contribution in [0.15, 0.2) is 47.1 Å². The van der Waals surface area contributed by atoms with Crippen LogP contribution in [0.3, 0.4) is 0 Å². The van der Waals surface area contributed by atoms with Gasteiger partial charge in [-0.3, -0.25) is 4.79 Å². The van der Waals surface area contributed by atoms with Crippen molar-refractivity contribution in [1.82, 2.24) is 4.98 Å². The van der Waals surface area contributed by atoms with E-state index >= 15 is 0 Å². The zero-order chi connectivity index (χ0) is 12.3. The van der Waals surface area contributed by atoms with E-state index in [0.29, 0.717) is 16.4 Å². The van der Waals surface area contributed by atoms with Crippen LogP contribution < -0.4 is 5.32 Å². The van der Waals surface area contributed by atoms with Crippen molar-refractivity contribution in [3.8, 4) is 0 Å². The molecule has 0 aliphatic carbocycles. The van der Waals surface area contributed by atoms with E-state index in [-0.39, 0.29) is 5.91 Å². The second-order valence-electron chi connectivity index (χ2n) is 3.30. The Bertz CT molecular complexity index is 542. The van der Waals surface area contributed by atoms with Crippen LogP contribution in [0.25, 0.3) is 0 Å². The molecule has 0 unspecified atom stereocenters. The van der Waals surface area contributed by atoms with Gasteiger partial charge in [-0.15, -0.1) is 0 Å². The first-order valence-electron chi connectivity index (χ1n) is 4.84. The predicted molar refractivity (Wildman–Crippen MR) is 71.3 cm³/mol. The number of benzene rings is 1. The highest BCUT2D eigenvalue weighted by atomic mass is 79.9. The fraction of sp³-hybridized carbons (Fsp3) is 0. The van der Waals surface area contributed by atoms with Crippen molar-refractivity contribution in [2.75, 3.05) is 5.32 Å². The summed E-state index contributed by atoms with van der Waals surface area (Å²) in [6.45, 7) is 0. The van der Waals surface area contributed by atoms with E-state index in [0.717, 1.165) is 4.47 Å². The Morgan fingerprint density at radius 2 is 2.00 bits per heavy atom. The number of hydrogen-bond donors (Lipinski definition) is 1. The van der Waals surface area contributed by atoms with Gasteiger partial charge in [0.15, 0.2) is 0 Å². The molecule has 0 saturated heterocycles. The molecule has 0 fully saturated rings. The summed E-state index contributed by atoms with van der Waals surface area (Å²) in [6.07, 6.45) is 1.57. The van der Waals surface area contributed by atoms with Gasteiger partial charge in [0.25, 0.3) is 5.91 Å². The average Bonchev–Trinajstić information content (AvgIpc) is 2.33. The molecule has 17 heavy (non-hydrogen) atoms. The molecule has 86 valence electrons. The van der Waals surface area contributed by atoms with Gasteiger partial charge in [0.1, 0.15) is 5.69 Å². The van der Waals surface area contributed by atoms with Gasteiger partial charge >= 0.3 is 0 Å². The Kier molecular flexibility index (Phi) is 3.76. The normalized spacial score (nSPS) is 10.0. The van der Waals surface area contributed by atoms with Gasteiger partial charge < -0.3 is 5.32 Å². The molecule has 0 aliphatic heterocycles. The lowest BCUT2D eigenvalue weighted by Crippen LogP contribution is -2.13. The molecule has 3 nitrogen and oxygen atoms in total. The first-order chi connectivity index (χ1) is 8.16. The van der Waals surface area contributed by atoms with Crippen molar-refractivity contribution in [3.63, 3.8) is 0 Å². The molecule has 2 rings (SSSR count). The maximum absolute atomic E-state index is 11.8. The van der Waals surface area contributed by atoms with Crippen LogP contribution in [0.2, 0.25) is 5.02 Å². The third-order valence-corrected chi connectivity index (χ3v) is 2.88. The second kappa shape index (κ2) is 5.29. The zero-order valence-corrected chi connectivity index (χ0v) is 11.0.